The molecule has 0 unspecified atom stereocenters. The van der Waals surface area contributed by atoms with Gasteiger partial charge in [0.1, 0.15) is 11.3 Å². The number of furan rings is 1. The highest BCUT2D eigenvalue weighted by atomic mass is 35.5. The van der Waals surface area contributed by atoms with E-state index in [1.54, 1.807) is 49.6 Å². The Labute approximate surface area is 126 Å². The van der Waals surface area contributed by atoms with Crippen LogP contribution in [0.5, 0.6) is 5.75 Å². The third-order valence-corrected chi connectivity index (χ3v) is 3.26. The smallest absolute Gasteiger partial charge is 0.291 e. The first-order valence-corrected chi connectivity index (χ1v) is 6.68. The van der Waals surface area contributed by atoms with E-state index in [0.717, 1.165) is 5.39 Å². The van der Waals surface area contributed by atoms with E-state index in [1.165, 1.54) is 0 Å². The molecule has 0 saturated carbocycles. The zero-order valence-corrected chi connectivity index (χ0v) is 12.0. The van der Waals surface area contributed by atoms with Crippen LogP contribution in [0.2, 0.25) is 5.02 Å². The minimum absolute atomic E-state index is 0.234. The molecule has 1 heterocycles. The molecule has 0 saturated heterocycles. The van der Waals surface area contributed by atoms with Crippen molar-refractivity contribution in [3.05, 3.63) is 59.3 Å². The molecule has 0 aliphatic carbocycles. The van der Waals surface area contributed by atoms with Crippen molar-refractivity contribution >= 4 is 34.2 Å². The highest BCUT2D eigenvalue weighted by molar-refractivity contribution is 6.30. The van der Waals surface area contributed by atoms with Crippen molar-refractivity contribution in [2.45, 2.75) is 0 Å². The predicted molar refractivity (Wildman–Crippen MR) is 82.2 cm³/mol. The number of carbonyl (C=O) groups excluding carboxylic acids is 1. The summed E-state index contributed by atoms with van der Waals surface area (Å²) in [5.74, 6) is 0.621. The Morgan fingerprint density at radius 2 is 2.05 bits per heavy atom. The highest BCUT2D eigenvalue weighted by Crippen LogP contribution is 2.25. The molecule has 0 aliphatic rings. The third-order valence-electron chi connectivity index (χ3n) is 3.03. The second-order valence-electron chi connectivity index (χ2n) is 4.48. The van der Waals surface area contributed by atoms with Gasteiger partial charge in [0.2, 0.25) is 0 Å². The van der Waals surface area contributed by atoms with E-state index in [2.05, 4.69) is 5.32 Å². The number of fused-ring (bicyclic) bond motifs is 1. The quantitative estimate of drug-likeness (QED) is 0.782. The summed E-state index contributed by atoms with van der Waals surface area (Å²) in [7, 11) is 1.59. The summed E-state index contributed by atoms with van der Waals surface area (Å²) >= 11 is 5.88. The number of anilines is 1. The molecular formula is C16H12ClNO3. The molecular weight excluding hydrogens is 290 g/mol. The first-order valence-electron chi connectivity index (χ1n) is 6.30. The van der Waals surface area contributed by atoms with Crippen LogP contribution in [0.3, 0.4) is 0 Å². The number of hydrogen-bond donors (Lipinski definition) is 1. The lowest BCUT2D eigenvalue weighted by Gasteiger charge is -2.02. The van der Waals surface area contributed by atoms with Crippen molar-refractivity contribution in [2.24, 2.45) is 0 Å². The van der Waals surface area contributed by atoms with Gasteiger partial charge >= 0.3 is 0 Å². The van der Waals surface area contributed by atoms with Gasteiger partial charge in [0.15, 0.2) is 5.76 Å². The maximum atomic E-state index is 12.2. The molecule has 21 heavy (non-hydrogen) atoms. The predicted octanol–water partition coefficient (Wildman–Crippen LogP) is 4.35. The summed E-state index contributed by atoms with van der Waals surface area (Å²) < 4.78 is 10.7. The molecule has 5 heteroatoms. The Morgan fingerprint density at radius 1 is 1.19 bits per heavy atom. The van der Waals surface area contributed by atoms with Crippen molar-refractivity contribution in [1.29, 1.82) is 0 Å². The minimum atomic E-state index is -0.326. The van der Waals surface area contributed by atoms with E-state index < -0.39 is 0 Å². The van der Waals surface area contributed by atoms with Crippen LogP contribution >= 0.6 is 11.6 Å². The summed E-state index contributed by atoms with van der Waals surface area (Å²) in [6.45, 7) is 0. The third kappa shape index (κ3) is 2.85. The molecule has 0 aliphatic heterocycles. The Balaban J connectivity index is 1.87. The number of halogens is 1. The Kier molecular flexibility index (Phi) is 3.54. The molecule has 4 nitrogen and oxygen atoms in total. The molecule has 0 bridgehead atoms. The van der Waals surface area contributed by atoms with Crippen LogP contribution in [0.1, 0.15) is 10.6 Å². The first kappa shape index (κ1) is 13.5. The standard InChI is InChI=1S/C16H12ClNO3/c1-20-13-5-6-14-10(7-13)8-15(21-14)16(19)18-12-4-2-3-11(17)9-12/h2-9H,1H3,(H,18,19). The van der Waals surface area contributed by atoms with Gasteiger partial charge in [-0.3, -0.25) is 4.79 Å². The molecule has 0 spiro atoms. The number of methoxy groups -OCH3 is 1. The lowest BCUT2D eigenvalue weighted by Crippen LogP contribution is -2.10. The van der Waals surface area contributed by atoms with E-state index in [4.69, 9.17) is 20.8 Å². The van der Waals surface area contributed by atoms with Gasteiger partial charge in [-0.1, -0.05) is 17.7 Å². The summed E-state index contributed by atoms with van der Waals surface area (Å²) in [5, 5.41) is 4.11. The van der Waals surface area contributed by atoms with Crippen LogP contribution in [0, 0.1) is 0 Å². The SMILES string of the molecule is COc1ccc2oc(C(=O)Nc3cccc(Cl)c3)cc2c1. The van der Waals surface area contributed by atoms with Crippen LogP contribution in [-0.4, -0.2) is 13.0 Å². The van der Waals surface area contributed by atoms with Gasteiger partial charge in [0.25, 0.3) is 5.91 Å². The van der Waals surface area contributed by atoms with Crippen LogP contribution in [-0.2, 0) is 0 Å². The first-order chi connectivity index (χ1) is 10.2. The maximum Gasteiger partial charge on any atom is 0.291 e. The second kappa shape index (κ2) is 5.50. The Hall–Kier alpha value is -2.46. The lowest BCUT2D eigenvalue weighted by molar-refractivity contribution is 0.0998. The Morgan fingerprint density at radius 3 is 2.81 bits per heavy atom. The van der Waals surface area contributed by atoms with Gasteiger partial charge in [0, 0.05) is 16.1 Å². The molecule has 1 N–H and O–H groups in total. The van der Waals surface area contributed by atoms with Gasteiger partial charge in [-0.2, -0.15) is 0 Å². The van der Waals surface area contributed by atoms with Gasteiger partial charge < -0.3 is 14.5 Å². The molecule has 0 atom stereocenters. The molecule has 3 aromatic rings. The normalized spacial score (nSPS) is 10.6. The molecule has 3 rings (SSSR count). The number of nitrogens with one attached hydrogen (secondary N) is 1. The van der Waals surface area contributed by atoms with Crippen molar-refractivity contribution in [3.63, 3.8) is 0 Å². The van der Waals surface area contributed by atoms with Gasteiger partial charge in [-0.25, -0.2) is 0 Å². The summed E-state index contributed by atoms with van der Waals surface area (Å²) in [5.41, 5.74) is 1.25. The topological polar surface area (TPSA) is 51.5 Å². The molecule has 1 amide bonds. The number of carbonyl (C=O) groups is 1. The van der Waals surface area contributed by atoms with E-state index in [0.29, 0.717) is 22.0 Å². The van der Waals surface area contributed by atoms with Gasteiger partial charge in [-0.05, 0) is 42.5 Å². The van der Waals surface area contributed by atoms with Crippen LogP contribution in [0.4, 0.5) is 5.69 Å². The summed E-state index contributed by atoms with van der Waals surface area (Å²) in [6.07, 6.45) is 0. The summed E-state index contributed by atoms with van der Waals surface area (Å²) in [6, 6.07) is 14.0. The average molecular weight is 302 g/mol. The fourth-order valence-electron chi connectivity index (χ4n) is 2.02. The monoisotopic (exact) mass is 301 g/mol. The number of hydrogen-bond acceptors (Lipinski definition) is 3. The van der Waals surface area contributed by atoms with Crippen LogP contribution in [0.25, 0.3) is 11.0 Å². The number of rotatable bonds is 3. The summed E-state index contributed by atoms with van der Waals surface area (Å²) in [4.78, 5) is 12.2. The van der Waals surface area contributed by atoms with Crippen molar-refractivity contribution in [3.8, 4) is 5.75 Å². The number of amides is 1. The molecule has 0 radical (unpaired) electrons. The number of benzene rings is 2. The van der Waals surface area contributed by atoms with E-state index >= 15 is 0 Å². The number of ether oxygens (including phenoxy) is 1. The van der Waals surface area contributed by atoms with Crippen molar-refractivity contribution in [2.75, 3.05) is 12.4 Å². The second-order valence-corrected chi connectivity index (χ2v) is 4.92. The van der Waals surface area contributed by atoms with E-state index in [9.17, 15) is 4.79 Å². The molecule has 0 fully saturated rings. The maximum absolute atomic E-state index is 12.2. The largest absolute Gasteiger partial charge is 0.497 e. The van der Waals surface area contributed by atoms with Crippen LogP contribution < -0.4 is 10.1 Å². The zero-order valence-electron chi connectivity index (χ0n) is 11.2. The highest BCUT2D eigenvalue weighted by Gasteiger charge is 2.13. The van der Waals surface area contributed by atoms with Gasteiger partial charge in [0.05, 0.1) is 7.11 Å². The Bertz CT molecular complexity index is 810. The fourth-order valence-corrected chi connectivity index (χ4v) is 2.21. The lowest BCUT2D eigenvalue weighted by atomic mass is 10.2. The van der Waals surface area contributed by atoms with E-state index in [1.807, 2.05) is 6.07 Å². The van der Waals surface area contributed by atoms with Crippen molar-refractivity contribution in [1.82, 2.24) is 0 Å². The molecule has 1 aromatic heterocycles. The van der Waals surface area contributed by atoms with E-state index in [-0.39, 0.29) is 11.7 Å². The molecule has 2 aromatic carbocycles. The van der Waals surface area contributed by atoms with Crippen molar-refractivity contribution < 1.29 is 13.9 Å². The minimum Gasteiger partial charge on any atom is -0.497 e. The fraction of sp³-hybridized carbons (Fsp3) is 0.0625. The zero-order chi connectivity index (χ0) is 14.8. The van der Waals surface area contributed by atoms with Gasteiger partial charge in [-0.15, -0.1) is 0 Å². The molecule has 106 valence electrons. The van der Waals surface area contributed by atoms with Crippen LogP contribution in [0.15, 0.2) is 52.9 Å². The average Bonchev–Trinajstić information content (AvgIpc) is 2.90.